The van der Waals surface area contributed by atoms with Crippen LogP contribution in [0.3, 0.4) is 0 Å². The topological polar surface area (TPSA) is 51.0 Å². The van der Waals surface area contributed by atoms with Crippen molar-refractivity contribution >= 4 is 22.7 Å². The lowest BCUT2D eigenvalue weighted by atomic mass is 10.1. The summed E-state index contributed by atoms with van der Waals surface area (Å²) in [5, 5.41) is 13.9. The van der Waals surface area contributed by atoms with Gasteiger partial charge in [-0.3, -0.25) is 5.32 Å². The molecular formula is C21H20FN3OS2. The highest BCUT2D eigenvalue weighted by molar-refractivity contribution is 7.15. The van der Waals surface area contributed by atoms with Gasteiger partial charge >= 0.3 is 0 Å². The number of nitrogens with one attached hydrogen (secondary N) is 1. The molecule has 0 radical (unpaired) electrons. The van der Waals surface area contributed by atoms with Crippen LogP contribution in [0.15, 0.2) is 52.3 Å². The van der Waals surface area contributed by atoms with Crippen LogP contribution in [0, 0.1) is 12.7 Å². The standard InChI is InChI=1S/C21H20FN3OS2/c1-3-16-13(2)11-18(28-16)21-25-24-19(26-21)12-23-20(17-5-4-10-27-17)14-6-8-15(22)9-7-14/h4-11,20,23H,3,12H2,1-2H3/t20-/m0/s1. The number of hydrogen-bond donors (Lipinski definition) is 1. The van der Waals surface area contributed by atoms with E-state index >= 15 is 0 Å². The quantitative estimate of drug-likeness (QED) is 0.419. The summed E-state index contributed by atoms with van der Waals surface area (Å²) in [6.07, 6.45) is 0.999. The van der Waals surface area contributed by atoms with Gasteiger partial charge in [-0.1, -0.05) is 25.1 Å². The minimum atomic E-state index is -0.243. The van der Waals surface area contributed by atoms with Gasteiger partial charge in [-0.25, -0.2) is 4.39 Å². The fraction of sp³-hybridized carbons (Fsp3) is 0.238. The average molecular weight is 414 g/mol. The fourth-order valence-corrected chi connectivity index (χ4v) is 4.95. The van der Waals surface area contributed by atoms with E-state index in [1.165, 1.54) is 22.6 Å². The van der Waals surface area contributed by atoms with Crippen LogP contribution < -0.4 is 5.32 Å². The molecule has 28 heavy (non-hydrogen) atoms. The van der Waals surface area contributed by atoms with Crippen LogP contribution in [0.5, 0.6) is 0 Å². The summed E-state index contributed by atoms with van der Waals surface area (Å²) >= 11 is 3.35. The monoisotopic (exact) mass is 413 g/mol. The maximum absolute atomic E-state index is 13.3. The van der Waals surface area contributed by atoms with Crippen molar-refractivity contribution in [1.82, 2.24) is 15.5 Å². The van der Waals surface area contributed by atoms with Gasteiger partial charge in [-0.15, -0.1) is 32.9 Å². The van der Waals surface area contributed by atoms with Gasteiger partial charge in [0, 0.05) is 9.75 Å². The van der Waals surface area contributed by atoms with Gasteiger partial charge in [0.1, 0.15) is 5.82 Å². The molecule has 3 aromatic heterocycles. The van der Waals surface area contributed by atoms with Crippen LogP contribution in [-0.4, -0.2) is 10.2 Å². The average Bonchev–Trinajstić information content (AvgIpc) is 3.44. The van der Waals surface area contributed by atoms with E-state index in [0.717, 1.165) is 21.7 Å². The number of benzene rings is 1. The van der Waals surface area contributed by atoms with Gasteiger partial charge in [0.15, 0.2) is 0 Å². The van der Waals surface area contributed by atoms with Crippen LogP contribution in [0.1, 0.15) is 39.7 Å². The number of thiophene rings is 2. The maximum Gasteiger partial charge on any atom is 0.257 e. The summed E-state index contributed by atoms with van der Waals surface area (Å²) in [5.41, 5.74) is 2.25. The van der Waals surface area contributed by atoms with Gasteiger partial charge in [0.05, 0.1) is 17.5 Å². The second-order valence-electron chi connectivity index (χ2n) is 6.45. The molecule has 0 bridgehead atoms. The SMILES string of the molecule is CCc1sc(-c2nnc(CN[C@@H](c3ccc(F)cc3)c3cccs3)o2)cc1C. The number of halogens is 1. The zero-order valence-corrected chi connectivity index (χ0v) is 17.2. The Bertz CT molecular complexity index is 1040. The van der Waals surface area contributed by atoms with E-state index in [9.17, 15) is 4.39 Å². The third-order valence-electron chi connectivity index (χ3n) is 4.51. The summed E-state index contributed by atoms with van der Waals surface area (Å²) in [6.45, 7) is 4.68. The Morgan fingerprint density at radius 1 is 1.18 bits per heavy atom. The molecule has 4 aromatic rings. The predicted octanol–water partition coefficient (Wildman–Crippen LogP) is 5.75. The van der Waals surface area contributed by atoms with Crippen LogP contribution in [0.4, 0.5) is 4.39 Å². The Morgan fingerprint density at radius 2 is 2.00 bits per heavy atom. The number of rotatable bonds is 7. The van der Waals surface area contributed by atoms with Crippen LogP contribution in [0.2, 0.25) is 0 Å². The second-order valence-corrected chi connectivity index (χ2v) is 8.57. The molecule has 0 saturated heterocycles. The normalized spacial score (nSPS) is 12.4. The first-order valence-corrected chi connectivity index (χ1v) is 10.8. The number of hydrogen-bond acceptors (Lipinski definition) is 6. The zero-order valence-electron chi connectivity index (χ0n) is 15.6. The molecule has 4 nitrogen and oxygen atoms in total. The summed E-state index contributed by atoms with van der Waals surface area (Å²) in [6, 6.07) is 12.7. The van der Waals surface area contributed by atoms with Crippen molar-refractivity contribution in [3.8, 4) is 10.8 Å². The lowest BCUT2D eigenvalue weighted by Crippen LogP contribution is -2.21. The van der Waals surface area contributed by atoms with Gasteiger partial charge in [0.25, 0.3) is 5.89 Å². The zero-order chi connectivity index (χ0) is 19.5. The molecule has 0 spiro atoms. The minimum absolute atomic E-state index is 0.0633. The van der Waals surface area contributed by atoms with E-state index in [1.54, 1.807) is 34.8 Å². The molecular weight excluding hydrogens is 393 g/mol. The minimum Gasteiger partial charge on any atom is -0.419 e. The molecule has 4 rings (SSSR count). The van der Waals surface area contributed by atoms with Crippen molar-refractivity contribution in [2.75, 3.05) is 0 Å². The smallest absolute Gasteiger partial charge is 0.257 e. The summed E-state index contributed by atoms with van der Waals surface area (Å²) < 4.78 is 19.2. The first kappa shape index (κ1) is 19.0. The number of aromatic nitrogens is 2. The van der Waals surface area contributed by atoms with Gasteiger partial charge in [-0.2, -0.15) is 0 Å². The molecule has 0 aliphatic heterocycles. The molecule has 1 aromatic carbocycles. The fourth-order valence-electron chi connectivity index (χ4n) is 3.08. The second kappa shape index (κ2) is 8.34. The lowest BCUT2D eigenvalue weighted by molar-refractivity contribution is 0.464. The van der Waals surface area contributed by atoms with Crippen molar-refractivity contribution in [1.29, 1.82) is 0 Å². The first-order valence-electron chi connectivity index (χ1n) is 9.08. The van der Waals surface area contributed by atoms with E-state index in [2.05, 4.69) is 41.5 Å². The van der Waals surface area contributed by atoms with E-state index in [-0.39, 0.29) is 11.9 Å². The third kappa shape index (κ3) is 4.06. The molecule has 3 heterocycles. The van der Waals surface area contributed by atoms with Crippen LogP contribution >= 0.6 is 22.7 Å². The first-order chi connectivity index (χ1) is 13.6. The van der Waals surface area contributed by atoms with Crippen molar-refractivity contribution in [2.45, 2.75) is 32.9 Å². The Balaban J connectivity index is 1.51. The molecule has 7 heteroatoms. The molecule has 0 aliphatic rings. The van der Waals surface area contributed by atoms with E-state index in [1.807, 2.05) is 11.4 Å². The highest BCUT2D eigenvalue weighted by atomic mass is 32.1. The maximum atomic E-state index is 13.3. The van der Waals surface area contributed by atoms with E-state index in [4.69, 9.17) is 4.42 Å². The third-order valence-corrected chi connectivity index (χ3v) is 6.81. The molecule has 144 valence electrons. The van der Waals surface area contributed by atoms with Crippen LogP contribution in [0.25, 0.3) is 10.8 Å². The van der Waals surface area contributed by atoms with Gasteiger partial charge in [-0.05, 0) is 54.1 Å². The van der Waals surface area contributed by atoms with E-state index < -0.39 is 0 Å². The number of nitrogens with zero attached hydrogens (tertiary/aromatic N) is 2. The Kier molecular flexibility index (Phi) is 5.66. The van der Waals surface area contributed by atoms with Gasteiger partial charge < -0.3 is 4.42 Å². The largest absolute Gasteiger partial charge is 0.419 e. The Morgan fingerprint density at radius 3 is 2.68 bits per heavy atom. The highest BCUT2D eigenvalue weighted by Crippen LogP contribution is 2.31. The van der Waals surface area contributed by atoms with Crippen molar-refractivity contribution < 1.29 is 8.81 Å². The molecule has 0 aliphatic carbocycles. The molecule has 0 unspecified atom stereocenters. The molecule has 1 atom stereocenters. The van der Waals surface area contributed by atoms with Crippen LogP contribution in [-0.2, 0) is 13.0 Å². The number of aryl methyl sites for hydroxylation is 2. The Labute approximate surface area is 171 Å². The molecule has 1 N–H and O–H groups in total. The predicted molar refractivity (Wildman–Crippen MR) is 111 cm³/mol. The summed E-state index contributed by atoms with van der Waals surface area (Å²) in [4.78, 5) is 3.48. The Hall–Kier alpha value is -2.35. The molecule has 0 amide bonds. The molecule has 0 saturated carbocycles. The van der Waals surface area contributed by atoms with Crippen molar-refractivity contribution in [3.63, 3.8) is 0 Å². The van der Waals surface area contributed by atoms with E-state index in [0.29, 0.717) is 18.3 Å². The molecule has 0 fully saturated rings. The van der Waals surface area contributed by atoms with Gasteiger partial charge in [0.2, 0.25) is 5.89 Å². The van der Waals surface area contributed by atoms with Crippen molar-refractivity contribution in [2.24, 2.45) is 0 Å². The summed E-state index contributed by atoms with van der Waals surface area (Å²) in [5.74, 6) is 0.842. The highest BCUT2D eigenvalue weighted by Gasteiger charge is 2.18. The summed E-state index contributed by atoms with van der Waals surface area (Å²) in [7, 11) is 0. The lowest BCUT2D eigenvalue weighted by Gasteiger charge is -2.17. The van der Waals surface area contributed by atoms with Crippen molar-refractivity contribution in [3.05, 3.63) is 80.4 Å².